The van der Waals surface area contributed by atoms with Crippen LogP contribution in [0.5, 0.6) is 11.5 Å². The van der Waals surface area contributed by atoms with E-state index in [0.717, 1.165) is 5.39 Å². The SMILES string of the molecule is COc1cccc2ccc(C=O)c(O)c12. The third-order valence-electron chi connectivity index (χ3n) is 2.36. The molecule has 2 aromatic rings. The fraction of sp³-hybridized carbons (Fsp3) is 0.0833. The molecule has 0 aromatic heterocycles. The lowest BCUT2D eigenvalue weighted by atomic mass is 10.1. The molecule has 2 aromatic carbocycles. The van der Waals surface area contributed by atoms with Crippen LogP contribution in [0, 0.1) is 0 Å². The standard InChI is InChI=1S/C12H10O3/c1-15-10-4-2-3-8-5-6-9(7-13)12(14)11(8)10/h2-7,14H,1H3. The summed E-state index contributed by atoms with van der Waals surface area (Å²) >= 11 is 0. The number of fused-ring (bicyclic) bond motifs is 1. The molecule has 0 bridgehead atoms. The predicted octanol–water partition coefficient (Wildman–Crippen LogP) is 2.37. The number of phenolic OH excluding ortho intramolecular Hbond substituents is 1. The summed E-state index contributed by atoms with van der Waals surface area (Å²) in [4.78, 5) is 10.7. The van der Waals surface area contributed by atoms with Crippen molar-refractivity contribution in [2.24, 2.45) is 0 Å². The third-order valence-corrected chi connectivity index (χ3v) is 2.36. The molecule has 0 amide bonds. The molecule has 0 spiro atoms. The van der Waals surface area contributed by atoms with E-state index < -0.39 is 0 Å². The molecule has 0 heterocycles. The molecule has 2 rings (SSSR count). The summed E-state index contributed by atoms with van der Waals surface area (Å²) < 4.78 is 5.13. The number of aldehydes is 1. The van der Waals surface area contributed by atoms with Gasteiger partial charge in [-0.3, -0.25) is 4.79 Å². The summed E-state index contributed by atoms with van der Waals surface area (Å²) in [6, 6.07) is 8.80. The van der Waals surface area contributed by atoms with Crippen molar-refractivity contribution >= 4 is 17.1 Å². The van der Waals surface area contributed by atoms with Crippen LogP contribution < -0.4 is 4.74 Å². The Balaban J connectivity index is 2.88. The monoisotopic (exact) mass is 202 g/mol. The lowest BCUT2D eigenvalue weighted by Gasteiger charge is -2.08. The van der Waals surface area contributed by atoms with Crippen molar-refractivity contribution in [1.29, 1.82) is 0 Å². The number of rotatable bonds is 2. The second-order valence-corrected chi connectivity index (χ2v) is 3.18. The van der Waals surface area contributed by atoms with Crippen LogP contribution in [-0.4, -0.2) is 18.5 Å². The molecule has 0 saturated heterocycles. The molecule has 3 heteroatoms. The van der Waals surface area contributed by atoms with Crippen molar-refractivity contribution in [2.75, 3.05) is 7.11 Å². The maximum atomic E-state index is 10.7. The molecule has 0 radical (unpaired) electrons. The van der Waals surface area contributed by atoms with Gasteiger partial charge in [0.05, 0.1) is 18.1 Å². The third kappa shape index (κ3) is 1.42. The van der Waals surface area contributed by atoms with Crippen molar-refractivity contribution in [3.63, 3.8) is 0 Å². The van der Waals surface area contributed by atoms with Gasteiger partial charge in [0.15, 0.2) is 6.29 Å². The van der Waals surface area contributed by atoms with Gasteiger partial charge >= 0.3 is 0 Å². The highest BCUT2D eigenvalue weighted by Crippen LogP contribution is 2.34. The summed E-state index contributed by atoms with van der Waals surface area (Å²) in [6.45, 7) is 0. The molecule has 0 atom stereocenters. The number of phenols is 1. The Kier molecular flexibility index (Phi) is 2.29. The molecular weight excluding hydrogens is 192 g/mol. The van der Waals surface area contributed by atoms with E-state index >= 15 is 0 Å². The molecule has 15 heavy (non-hydrogen) atoms. The number of hydrogen-bond acceptors (Lipinski definition) is 3. The quantitative estimate of drug-likeness (QED) is 0.760. The van der Waals surface area contributed by atoms with Gasteiger partial charge < -0.3 is 9.84 Å². The van der Waals surface area contributed by atoms with Crippen LogP contribution in [0.1, 0.15) is 10.4 Å². The highest BCUT2D eigenvalue weighted by atomic mass is 16.5. The van der Waals surface area contributed by atoms with Gasteiger partial charge in [0.2, 0.25) is 0 Å². The Morgan fingerprint density at radius 1 is 1.27 bits per heavy atom. The number of carbonyl (C=O) groups excluding carboxylic acids is 1. The average molecular weight is 202 g/mol. The van der Waals surface area contributed by atoms with Gasteiger partial charge in [-0.15, -0.1) is 0 Å². The van der Waals surface area contributed by atoms with E-state index in [1.807, 2.05) is 12.1 Å². The first-order chi connectivity index (χ1) is 7.27. The second kappa shape index (κ2) is 3.61. The van der Waals surface area contributed by atoms with Gasteiger partial charge in [-0.05, 0) is 17.5 Å². The Labute approximate surface area is 86.9 Å². The van der Waals surface area contributed by atoms with Crippen LogP contribution in [0.25, 0.3) is 10.8 Å². The summed E-state index contributed by atoms with van der Waals surface area (Å²) in [6.07, 6.45) is 0.626. The molecule has 0 aliphatic carbocycles. The summed E-state index contributed by atoms with van der Waals surface area (Å²) in [5.41, 5.74) is 0.270. The predicted molar refractivity (Wildman–Crippen MR) is 57.6 cm³/mol. The van der Waals surface area contributed by atoms with E-state index in [9.17, 15) is 9.90 Å². The normalized spacial score (nSPS) is 10.2. The molecule has 0 fully saturated rings. The van der Waals surface area contributed by atoms with Gasteiger partial charge in [0.1, 0.15) is 11.5 Å². The number of ether oxygens (including phenoxy) is 1. The summed E-state index contributed by atoms with van der Waals surface area (Å²) in [7, 11) is 1.53. The second-order valence-electron chi connectivity index (χ2n) is 3.18. The molecule has 1 N–H and O–H groups in total. The van der Waals surface area contributed by atoms with E-state index in [-0.39, 0.29) is 11.3 Å². The Bertz CT molecular complexity index is 518. The first-order valence-electron chi connectivity index (χ1n) is 4.52. The highest BCUT2D eigenvalue weighted by Gasteiger charge is 2.09. The molecule has 0 aliphatic heterocycles. The van der Waals surface area contributed by atoms with Gasteiger partial charge in [-0.25, -0.2) is 0 Å². The van der Waals surface area contributed by atoms with E-state index in [1.165, 1.54) is 7.11 Å². The summed E-state index contributed by atoms with van der Waals surface area (Å²) in [5, 5.41) is 11.3. The van der Waals surface area contributed by atoms with Crippen LogP contribution in [0.15, 0.2) is 30.3 Å². The Morgan fingerprint density at radius 3 is 2.73 bits per heavy atom. The van der Waals surface area contributed by atoms with Gasteiger partial charge in [-0.1, -0.05) is 18.2 Å². The Morgan fingerprint density at radius 2 is 2.07 bits per heavy atom. The summed E-state index contributed by atoms with van der Waals surface area (Å²) in [5.74, 6) is 0.536. The molecule has 0 unspecified atom stereocenters. The van der Waals surface area contributed by atoms with E-state index in [1.54, 1.807) is 18.2 Å². The fourth-order valence-corrected chi connectivity index (χ4v) is 1.61. The molecule has 76 valence electrons. The molecule has 0 saturated carbocycles. The van der Waals surface area contributed by atoms with Gasteiger partial charge in [-0.2, -0.15) is 0 Å². The van der Waals surface area contributed by atoms with Crippen LogP contribution in [-0.2, 0) is 0 Å². The Hall–Kier alpha value is -2.03. The van der Waals surface area contributed by atoms with Gasteiger partial charge in [0, 0.05) is 0 Å². The topological polar surface area (TPSA) is 46.5 Å². The zero-order valence-corrected chi connectivity index (χ0v) is 8.23. The van der Waals surface area contributed by atoms with Crippen LogP contribution >= 0.6 is 0 Å². The van der Waals surface area contributed by atoms with E-state index in [0.29, 0.717) is 17.4 Å². The minimum Gasteiger partial charge on any atom is -0.506 e. The number of hydrogen-bond donors (Lipinski definition) is 1. The zero-order chi connectivity index (χ0) is 10.8. The minimum atomic E-state index is -0.0278. The lowest BCUT2D eigenvalue weighted by molar-refractivity contribution is 0.112. The maximum Gasteiger partial charge on any atom is 0.153 e. The largest absolute Gasteiger partial charge is 0.506 e. The van der Waals surface area contributed by atoms with E-state index in [2.05, 4.69) is 0 Å². The van der Waals surface area contributed by atoms with Crippen molar-refractivity contribution < 1.29 is 14.6 Å². The van der Waals surface area contributed by atoms with Crippen LogP contribution in [0.2, 0.25) is 0 Å². The first-order valence-corrected chi connectivity index (χ1v) is 4.52. The first kappa shape index (κ1) is 9.52. The van der Waals surface area contributed by atoms with E-state index in [4.69, 9.17) is 4.74 Å². The number of aromatic hydroxyl groups is 1. The fourth-order valence-electron chi connectivity index (χ4n) is 1.61. The zero-order valence-electron chi connectivity index (χ0n) is 8.23. The molecular formula is C12H10O3. The van der Waals surface area contributed by atoms with Crippen molar-refractivity contribution in [3.8, 4) is 11.5 Å². The highest BCUT2D eigenvalue weighted by molar-refractivity contribution is 5.99. The maximum absolute atomic E-state index is 10.7. The molecule has 0 aliphatic rings. The smallest absolute Gasteiger partial charge is 0.153 e. The van der Waals surface area contributed by atoms with Crippen molar-refractivity contribution in [3.05, 3.63) is 35.9 Å². The van der Waals surface area contributed by atoms with Crippen molar-refractivity contribution in [2.45, 2.75) is 0 Å². The van der Waals surface area contributed by atoms with Gasteiger partial charge in [0.25, 0.3) is 0 Å². The van der Waals surface area contributed by atoms with Crippen LogP contribution in [0.3, 0.4) is 0 Å². The van der Waals surface area contributed by atoms with Crippen molar-refractivity contribution in [1.82, 2.24) is 0 Å². The van der Waals surface area contributed by atoms with Crippen LogP contribution in [0.4, 0.5) is 0 Å². The molecule has 3 nitrogen and oxygen atoms in total. The number of methoxy groups -OCH3 is 1. The minimum absolute atomic E-state index is 0.0278. The number of carbonyl (C=O) groups is 1. The average Bonchev–Trinajstić information content (AvgIpc) is 2.29. The number of benzene rings is 2. The lowest BCUT2D eigenvalue weighted by Crippen LogP contribution is -1.88.